The third-order valence-electron chi connectivity index (χ3n) is 2.45. The lowest BCUT2D eigenvalue weighted by Crippen LogP contribution is -2.25. The Bertz CT molecular complexity index is 568. The number of rotatable bonds is 4. The van der Waals surface area contributed by atoms with Crippen molar-refractivity contribution >= 4 is 22.9 Å². The highest BCUT2D eigenvalue weighted by Crippen LogP contribution is 2.13. The van der Waals surface area contributed by atoms with Crippen molar-refractivity contribution in [2.75, 3.05) is 5.73 Å². The fourth-order valence-corrected chi connectivity index (χ4v) is 2.00. The van der Waals surface area contributed by atoms with Crippen LogP contribution in [0, 0.1) is 0 Å². The second kappa shape index (κ2) is 5.75. The number of carbonyl (C=O) groups is 1. The van der Waals surface area contributed by atoms with Crippen molar-refractivity contribution in [3.05, 3.63) is 34.3 Å². The molecule has 0 aliphatic rings. The van der Waals surface area contributed by atoms with Gasteiger partial charge in [0.05, 0.1) is 18.4 Å². The lowest BCUT2D eigenvalue weighted by atomic mass is 10.2. The molecule has 2 heterocycles. The highest BCUT2D eigenvalue weighted by Gasteiger charge is 2.14. The van der Waals surface area contributed by atoms with Crippen LogP contribution in [0.15, 0.2) is 17.8 Å². The Morgan fingerprint density at radius 2 is 2.26 bits per heavy atom. The molecule has 0 unspecified atom stereocenters. The number of hydrogen-bond acceptors (Lipinski definition) is 6. The fourth-order valence-electron chi connectivity index (χ4n) is 1.44. The van der Waals surface area contributed by atoms with Gasteiger partial charge in [-0.3, -0.25) is 4.79 Å². The molecule has 1 amide bonds. The van der Waals surface area contributed by atoms with Gasteiger partial charge in [-0.15, -0.1) is 11.3 Å². The Balaban J connectivity index is 2.11. The van der Waals surface area contributed by atoms with Crippen molar-refractivity contribution < 1.29 is 4.79 Å². The highest BCUT2D eigenvalue weighted by atomic mass is 32.1. The van der Waals surface area contributed by atoms with E-state index in [0.29, 0.717) is 12.4 Å². The molecule has 2 aromatic heterocycles. The summed E-state index contributed by atoms with van der Waals surface area (Å²) in [6.45, 7) is 4.29. The number of thiazole rings is 1. The van der Waals surface area contributed by atoms with Crippen LogP contribution in [-0.2, 0) is 6.54 Å². The molecule has 0 bridgehead atoms. The molecule has 0 aromatic carbocycles. The normalized spacial score (nSPS) is 10.7. The number of nitrogens with two attached hydrogens (primary N) is 1. The maximum Gasteiger partial charge on any atom is 0.272 e. The molecular formula is C12H15N5OS. The molecule has 2 rings (SSSR count). The van der Waals surface area contributed by atoms with Gasteiger partial charge in [0.1, 0.15) is 10.8 Å². The van der Waals surface area contributed by atoms with Gasteiger partial charge in [0.15, 0.2) is 5.69 Å². The van der Waals surface area contributed by atoms with Gasteiger partial charge in [0.2, 0.25) is 0 Å². The van der Waals surface area contributed by atoms with Gasteiger partial charge in [-0.05, 0) is 0 Å². The number of aromatic nitrogens is 3. The van der Waals surface area contributed by atoms with Gasteiger partial charge >= 0.3 is 0 Å². The number of carbonyl (C=O) groups excluding carboxylic acids is 1. The summed E-state index contributed by atoms with van der Waals surface area (Å²) in [7, 11) is 0. The van der Waals surface area contributed by atoms with Crippen molar-refractivity contribution in [3.8, 4) is 0 Å². The second-order valence-corrected chi connectivity index (χ2v) is 5.27. The zero-order valence-electron chi connectivity index (χ0n) is 10.8. The first kappa shape index (κ1) is 13.4. The minimum atomic E-state index is -0.308. The topological polar surface area (TPSA) is 93.8 Å². The maximum absolute atomic E-state index is 12.0. The number of nitrogen functional groups attached to an aromatic ring is 1. The van der Waals surface area contributed by atoms with Crippen LogP contribution in [0.2, 0.25) is 0 Å². The zero-order chi connectivity index (χ0) is 13.8. The molecule has 2 aromatic rings. The molecule has 0 fully saturated rings. The highest BCUT2D eigenvalue weighted by molar-refractivity contribution is 7.09. The summed E-state index contributed by atoms with van der Waals surface area (Å²) >= 11 is 1.48. The van der Waals surface area contributed by atoms with E-state index in [-0.39, 0.29) is 23.2 Å². The van der Waals surface area contributed by atoms with E-state index in [0.717, 1.165) is 5.01 Å². The van der Waals surface area contributed by atoms with Gasteiger partial charge < -0.3 is 11.1 Å². The van der Waals surface area contributed by atoms with Crippen LogP contribution < -0.4 is 11.1 Å². The predicted octanol–water partition coefficient (Wildman–Crippen LogP) is 1.57. The van der Waals surface area contributed by atoms with Crippen LogP contribution in [0.5, 0.6) is 0 Å². The summed E-state index contributed by atoms with van der Waals surface area (Å²) in [5.74, 6) is 0.441. The molecule has 7 heteroatoms. The Kier molecular flexibility index (Phi) is 4.06. The van der Waals surface area contributed by atoms with E-state index in [9.17, 15) is 4.79 Å². The molecule has 0 atom stereocenters. The minimum Gasteiger partial charge on any atom is -0.396 e. The number of hydrogen-bond donors (Lipinski definition) is 2. The number of nitrogens with zero attached hydrogens (tertiary/aromatic N) is 3. The molecule has 3 N–H and O–H groups in total. The van der Waals surface area contributed by atoms with E-state index in [1.165, 1.54) is 17.5 Å². The van der Waals surface area contributed by atoms with Crippen LogP contribution >= 0.6 is 11.3 Å². The third-order valence-corrected chi connectivity index (χ3v) is 3.23. The monoisotopic (exact) mass is 277 g/mol. The molecule has 6 nitrogen and oxygen atoms in total. The molecule has 0 aliphatic heterocycles. The van der Waals surface area contributed by atoms with E-state index >= 15 is 0 Å². The van der Waals surface area contributed by atoms with Crippen molar-refractivity contribution in [2.45, 2.75) is 26.3 Å². The first-order valence-corrected chi connectivity index (χ1v) is 6.75. The van der Waals surface area contributed by atoms with Gasteiger partial charge in [0.25, 0.3) is 5.91 Å². The summed E-state index contributed by atoms with van der Waals surface area (Å²) in [6, 6.07) is 0. The van der Waals surface area contributed by atoms with E-state index in [1.807, 2.05) is 19.2 Å². The van der Waals surface area contributed by atoms with Crippen molar-refractivity contribution in [1.29, 1.82) is 0 Å². The average molecular weight is 277 g/mol. The second-order valence-electron chi connectivity index (χ2n) is 4.30. The Morgan fingerprint density at radius 1 is 1.47 bits per heavy atom. The van der Waals surface area contributed by atoms with Crippen LogP contribution in [0.25, 0.3) is 0 Å². The largest absolute Gasteiger partial charge is 0.396 e. The summed E-state index contributed by atoms with van der Waals surface area (Å²) in [4.78, 5) is 24.4. The van der Waals surface area contributed by atoms with E-state index < -0.39 is 0 Å². The maximum atomic E-state index is 12.0. The van der Waals surface area contributed by atoms with Crippen LogP contribution in [0.3, 0.4) is 0 Å². The molecule has 0 radical (unpaired) electrons. The number of nitrogens with one attached hydrogen (secondary N) is 1. The SMILES string of the molecule is CC(C)c1ncc(N)c(C(=O)NCc2nccs2)n1. The average Bonchev–Trinajstić information content (AvgIpc) is 2.89. The van der Waals surface area contributed by atoms with E-state index in [4.69, 9.17) is 5.73 Å². The summed E-state index contributed by atoms with van der Waals surface area (Å²) in [5.41, 5.74) is 6.24. The molecule has 19 heavy (non-hydrogen) atoms. The third kappa shape index (κ3) is 3.25. The molecular weight excluding hydrogens is 262 g/mol. The van der Waals surface area contributed by atoms with E-state index in [2.05, 4.69) is 20.3 Å². The molecule has 0 spiro atoms. The number of anilines is 1. The lowest BCUT2D eigenvalue weighted by Gasteiger charge is -2.08. The predicted molar refractivity (Wildman–Crippen MR) is 73.8 cm³/mol. The molecule has 0 aliphatic carbocycles. The molecule has 0 saturated heterocycles. The standard InChI is InChI=1S/C12H15N5OS/c1-7(2)11-15-5-8(13)10(17-11)12(18)16-6-9-14-3-4-19-9/h3-5,7H,6,13H2,1-2H3,(H,16,18). The molecule has 0 saturated carbocycles. The van der Waals surface area contributed by atoms with E-state index in [1.54, 1.807) is 6.20 Å². The summed E-state index contributed by atoms with van der Waals surface area (Å²) in [6.07, 6.45) is 3.17. The van der Waals surface area contributed by atoms with Crippen molar-refractivity contribution in [3.63, 3.8) is 0 Å². The Hall–Kier alpha value is -2.02. The zero-order valence-corrected chi connectivity index (χ0v) is 11.6. The van der Waals surface area contributed by atoms with Gasteiger partial charge in [-0.25, -0.2) is 15.0 Å². The molecule has 100 valence electrons. The Labute approximate surface area is 115 Å². The van der Waals surface area contributed by atoms with Gasteiger partial charge in [-0.1, -0.05) is 13.8 Å². The smallest absolute Gasteiger partial charge is 0.272 e. The first-order chi connectivity index (χ1) is 9.08. The van der Waals surface area contributed by atoms with Crippen molar-refractivity contribution in [2.24, 2.45) is 0 Å². The van der Waals surface area contributed by atoms with Crippen LogP contribution in [0.4, 0.5) is 5.69 Å². The van der Waals surface area contributed by atoms with Crippen molar-refractivity contribution in [1.82, 2.24) is 20.3 Å². The van der Waals surface area contributed by atoms with Crippen LogP contribution in [-0.4, -0.2) is 20.9 Å². The van der Waals surface area contributed by atoms with Gasteiger partial charge in [-0.2, -0.15) is 0 Å². The number of amides is 1. The summed E-state index contributed by atoms with van der Waals surface area (Å²) in [5, 5.41) is 5.44. The fraction of sp³-hybridized carbons (Fsp3) is 0.333. The first-order valence-electron chi connectivity index (χ1n) is 5.87. The summed E-state index contributed by atoms with van der Waals surface area (Å²) < 4.78 is 0. The Morgan fingerprint density at radius 3 is 2.89 bits per heavy atom. The van der Waals surface area contributed by atoms with Crippen LogP contribution in [0.1, 0.15) is 41.1 Å². The lowest BCUT2D eigenvalue weighted by molar-refractivity contribution is 0.0946. The quantitative estimate of drug-likeness (QED) is 0.884. The minimum absolute atomic E-state index is 0.145. The van der Waals surface area contributed by atoms with Gasteiger partial charge in [0, 0.05) is 17.5 Å².